The number of amides is 2. The summed E-state index contributed by atoms with van der Waals surface area (Å²) in [7, 11) is 0. The summed E-state index contributed by atoms with van der Waals surface area (Å²) >= 11 is 3.66. The van der Waals surface area contributed by atoms with Crippen molar-refractivity contribution in [2.45, 2.75) is 52.3 Å². The van der Waals surface area contributed by atoms with Gasteiger partial charge in [0, 0.05) is 64.2 Å². The van der Waals surface area contributed by atoms with Gasteiger partial charge in [0.25, 0.3) is 5.91 Å². The van der Waals surface area contributed by atoms with E-state index in [9.17, 15) is 14.7 Å². The maximum absolute atomic E-state index is 13.4. The van der Waals surface area contributed by atoms with Gasteiger partial charge in [0.05, 0.1) is 16.6 Å². The molecule has 1 N–H and O–H groups in total. The monoisotopic (exact) mass is 534 g/mol. The van der Waals surface area contributed by atoms with Crippen LogP contribution in [-0.2, 0) is 11.3 Å². The molecule has 0 unspecified atom stereocenters. The van der Waals surface area contributed by atoms with Crippen molar-refractivity contribution in [3.05, 3.63) is 28.4 Å². The lowest BCUT2D eigenvalue weighted by Gasteiger charge is -2.34. The van der Waals surface area contributed by atoms with Gasteiger partial charge in [-0.3, -0.25) is 9.59 Å². The fourth-order valence-corrected chi connectivity index (χ4v) is 5.37. The van der Waals surface area contributed by atoms with Gasteiger partial charge in [0.2, 0.25) is 5.91 Å². The van der Waals surface area contributed by atoms with Crippen LogP contribution in [0.3, 0.4) is 0 Å². The minimum atomic E-state index is -0.0764. The number of aliphatic hydroxyl groups is 1. The number of fused-ring (bicyclic) bond motifs is 1. The van der Waals surface area contributed by atoms with Gasteiger partial charge in [-0.05, 0) is 60.8 Å². The topological polar surface area (TPSA) is 78.3 Å². The van der Waals surface area contributed by atoms with Crippen LogP contribution in [0.15, 0.2) is 22.7 Å². The minimum absolute atomic E-state index is 0.0359. The largest absolute Gasteiger partial charge is 0.489 e. The smallest absolute Gasteiger partial charge is 0.270 e. The first kappa shape index (κ1) is 25.0. The second-order valence-electron chi connectivity index (χ2n) is 9.49. The zero-order chi connectivity index (χ0) is 24.4. The quantitative estimate of drug-likeness (QED) is 0.616. The fourth-order valence-electron chi connectivity index (χ4n) is 4.95. The summed E-state index contributed by atoms with van der Waals surface area (Å²) in [6, 6.07) is 6.42. The maximum atomic E-state index is 13.4. The number of ether oxygens (including phenoxy) is 1. The Hall–Kier alpha value is -2.10. The number of likely N-dealkylation sites (tertiary alicyclic amines) is 1. The first-order valence-electron chi connectivity index (χ1n) is 12.2. The summed E-state index contributed by atoms with van der Waals surface area (Å²) in [5.74, 6) is 0.743. The van der Waals surface area contributed by atoms with Crippen LogP contribution in [-0.4, -0.2) is 94.2 Å². The third kappa shape index (κ3) is 5.26. The molecule has 3 heterocycles. The van der Waals surface area contributed by atoms with Gasteiger partial charge < -0.3 is 29.1 Å². The van der Waals surface area contributed by atoms with Gasteiger partial charge in [0.15, 0.2) is 0 Å². The molecule has 1 aromatic carbocycles. The number of hydrogen-bond donors (Lipinski definition) is 1. The van der Waals surface area contributed by atoms with Crippen molar-refractivity contribution >= 4 is 38.6 Å². The van der Waals surface area contributed by atoms with Crippen molar-refractivity contribution < 1.29 is 19.4 Å². The van der Waals surface area contributed by atoms with E-state index in [1.807, 2.05) is 22.8 Å². The Bertz CT molecular complexity index is 1040. The lowest BCUT2D eigenvalue weighted by Crippen LogP contribution is -2.50. The number of aliphatic hydroxyl groups excluding tert-OH is 1. The zero-order valence-electron chi connectivity index (χ0n) is 20.3. The number of carbonyl (C=O) groups excluding carboxylic acids is 2. The van der Waals surface area contributed by atoms with Gasteiger partial charge in [0.1, 0.15) is 17.5 Å². The lowest BCUT2D eigenvalue weighted by molar-refractivity contribution is -0.130. The van der Waals surface area contributed by atoms with Gasteiger partial charge >= 0.3 is 0 Å². The van der Waals surface area contributed by atoms with Crippen molar-refractivity contribution in [1.29, 1.82) is 0 Å². The molecule has 2 aliphatic heterocycles. The average molecular weight is 535 g/mol. The highest BCUT2D eigenvalue weighted by Gasteiger charge is 2.27. The zero-order valence-corrected chi connectivity index (χ0v) is 21.9. The number of halogens is 1. The van der Waals surface area contributed by atoms with E-state index in [0.717, 1.165) is 47.1 Å². The molecule has 9 heteroatoms. The molecule has 2 amide bonds. The Balaban J connectivity index is 1.55. The second kappa shape index (κ2) is 10.7. The molecule has 1 aromatic heterocycles. The summed E-state index contributed by atoms with van der Waals surface area (Å²) in [6.45, 7) is 10.4. The molecule has 2 saturated heterocycles. The molecule has 2 aliphatic rings. The van der Waals surface area contributed by atoms with Crippen molar-refractivity contribution in [1.82, 2.24) is 19.3 Å². The Morgan fingerprint density at radius 2 is 1.71 bits per heavy atom. The van der Waals surface area contributed by atoms with Crippen molar-refractivity contribution in [3.8, 4) is 5.75 Å². The lowest BCUT2D eigenvalue weighted by atomic mass is 10.1. The van der Waals surface area contributed by atoms with E-state index >= 15 is 0 Å². The third-order valence-electron chi connectivity index (χ3n) is 7.01. The van der Waals surface area contributed by atoms with Gasteiger partial charge in [-0.1, -0.05) is 0 Å². The van der Waals surface area contributed by atoms with E-state index in [0.29, 0.717) is 44.5 Å². The standard InChI is InChI=1S/C25H35BrN4O4/c1-17(2)27-6-4-20(5-7-27)34-24-15-19-14-23(30(12-13-31)22(19)16-21(24)26)25(33)29-10-8-28(9-11-29)18(3)32/h14-17,20,31H,4-13H2,1-3H3. The van der Waals surface area contributed by atoms with Crippen LogP contribution < -0.4 is 4.74 Å². The number of aromatic nitrogens is 1. The highest BCUT2D eigenvalue weighted by Crippen LogP contribution is 2.34. The van der Waals surface area contributed by atoms with Crippen LogP contribution >= 0.6 is 15.9 Å². The van der Waals surface area contributed by atoms with E-state index in [-0.39, 0.29) is 24.5 Å². The number of piperazine rings is 1. The Labute approximate surface area is 209 Å². The molecule has 0 spiro atoms. The van der Waals surface area contributed by atoms with Crippen LogP contribution in [0, 0.1) is 0 Å². The van der Waals surface area contributed by atoms with E-state index in [4.69, 9.17) is 4.74 Å². The Morgan fingerprint density at radius 3 is 2.29 bits per heavy atom. The fraction of sp³-hybridized carbons (Fsp3) is 0.600. The summed E-state index contributed by atoms with van der Waals surface area (Å²) in [5.41, 5.74) is 1.43. The van der Waals surface area contributed by atoms with Crippen molar-refractivity contribution in [3.63, 3.8) is 0 Å². The first-order chi connectivity index (χ1) is 16.3. The second-order valence-corrected chi connectivity index (χ2v) is 10.3. The third-order valence-corrected chi connectivity index (χ3v) is 7.63. The van der Waals surface area contributed by atoms with E-state index < -0.39 is 0 Å². The average Bonchev–Trinajstić information content (AvgIpc) is 3.16. The number of rotatable bonds is 6. The molecule has 2 fully saturated rings. The maximum Gasteiger partial charge on any atom is 0.270 e. The molecule has 0 bridgehead atoms. The molecule has 186 valence electrons. The summed E-state index contributed by atoms with van der Waals surface area (Å²) in [5, 5.41) is 10.6. The highest BCUT2D eigenvalue weighted by atomic mass is 79.9. The molecule has 4 rings (SSSR count). The highest BCUT2D eigenvalue weighted by molar-refractivity contribution is 9.10. The van der Waals surface area contributed by atoms with Gasteiger partial charge in [-0.15, -0.1) is 0 Å². The normalized spacial score (nSPS) is 18.2. The Morgan fingerprint density at radius 1 is 1.06 bits per heavy atom. The first-order valence-corrected chi connectivity index (χ1v) is 13.0. The molecular formula is C25H35BrN4O4. The molecular weight excluding hydrogens is 500 g/mol. The number of nitrogens with zero attached hydrogens (tertiary/aromatic N) is 4. The van der Waals surface area contributed by atoms with Crippen LogP contribution in [0.25, 0.3) is 10.9 Å². The predicted octanol–water partition coefficient (Wildman–Crippen LogP) is 2.95. The van der Waals surface area contributed by atoms with E-state index in [1.54, 1.807) is 16.7 Å². The molecule has 0 radical (unpaired) electrons. The van der Waals surface area contributed by atoms with Crippen LogP contribution in [0.5, 0.6) is 5.75 Å². The van der Waals surface area contributed by atoms with Crippen LogP contribution in [0.1, 0.15) is 44.1 Å². The van der Waals surface area contributed by atoms with Crippen molar-refractivity contribution in [2.75, 3.05) is 45.9 Å². The number of piperidine rings is 1. The number of carbonyl (C=O) groups is 2. The van der Waals surface area contributed by atoms with E-state index in [2.05, 4.69) is 34.7 Å². The van der Waals surface area contributed by atoms with Crippen molar-refractivity contribution in [2.24, 2.45) is 0 Å². The molecule has 0 aliphatic carbocycles. The van der Waals surface area contributed by atoms with Gasteiger partial charge in [-0.2, -0.15) is 0 Å². The summed E-state index contributed by atoms with van der Waals surface area (Å²) < 4.78 is 9.10. The predicted molar refractivity (Wildman–Crippen MR) is 135 cm³/mol. The summed E-state index contributed by atoms with van der Waals surface area (Å²) in [6.07, 6.45) is 2.15. The SMILES string of the molecule is CC(=O)N1CCN(C(=O)c2cc3cc(OC4CCN(C(C)C)CC4)c(Br)cc3n2CCO)CC1. The number of hydrogen-bond acceptors (Lipinski definition) is 5. The summed E-state index contributed by atoms with van der Waals surface area (Å²) in [4.78, 5) is 31.0. The molecule has 34 heavy (non-hydrogen) atoms. The molecule has 2 aromatic rings. The van der Waals surface area contributed by atoms with Crippen LogP contribution in [0.4, 0.5) is 0 Å². The van der Waals surface area contributed by atoms with Gasteiger partial charge in [-0.25, -0.2) is 0 Å². The molecule has 0 saturated carbocycles. The number of benzene rings is 1. The minimum Gasteiger partial charge on any atom is -0.489 e. The molecule has 0 atom stereocenters. The molecule has 8 nitrogen and oxygen atoms in total. The van der Waals surface area contributed by atoms with E-state index in [1.165, 1.54) is 0 Å². The van der Waals surface area contributed by atoms with Crippen LogP contribution in [0.2, 0.25) is 0 Å². The Kier molecular flexibility index (Phi) is 7.84.